The SMILES string of the molecule is C=CCC1C(=O)C(C)CC2CC(C)C3CCC(O[Si](C)(C)C(C)(C)C)CC3C21. The Labute approximate surface area is 175 Å². The van der Waals surface area contributed by atoms with Crippen LogP contribution in [0.1, 0.15) is 73.1 Å². The number of allylic oxidation sites excluding steroid dienone is 1. The molecule has 3 rings (SSSR count). The molecule has 8 atom stereocenters. The van der Waals surface area contributed by atoms with Gasteiger partial charge in [0, 0.05) is 17.9 Å². The first-order valence-electron chi connectivity index (χ1n) is 11.8. The summed E-state index contributed by atoms with van der Waals surface area (Å²) in [6.45, 7) is 20.4. The number of carbonyl (C=O) groups excluding carboxylic acids is 1. The van der Waals surface area contributed by atoms with Crippen molar-refractivity contribution in [3.05, 3.63) is 12.7 Å². The average molecular weight is 405 g/mol. The number of Topliss-reactive ketones (excluding diaryl/α,β-unsaturated/α-hetero) is 1. The van der Waals surface area contributed by atoms with Crippen LogP contribution in [-0.2, 0) is 9.22 Å². The lowest BCUT2D eigenvalue weighted by Crippen LogP contribution is -2.53. The van der Waals surface area contributed by atoms with Crippen molar-refractivity contribution in [2.45, 2.75) is 97.4 Å². The summed E-state index contributed by atoms with van der Waals surface area (Å²) in [7, 11) is -1.75. The molecule has 2 nitrogen and oxygen atoms in total. The molecular weight excluding hydrogens is 360 g/mol. The van der Waals surface area contributed by atoms with Gasteiger partial charge in [0.2, 0.25) is 0 Å². The Morgan fingerprint density at radius 3 is 2.39 bits per heavy atom. The highest BCUT2D eigenvalue weighted by Crippen LogP contribution is 2.56. The zero-order valence-corrected chi connectivity index (χ0v) is 20.5. The molecule has 0 spiro atoms. The minimum absolute atomic E-state index is 0.206. The highest BCUT2D eigenvalue weighted by Gasteiger charge is 2.53. The smallest absolute Gasteiger partial charge is 0.192 e. The Hall–Kier alpha value is -0.413. The van der Waals surface area contributed by atoms with Gasteiger partial charge in [0.25, 0.3) is 0 Å². The third-order valence-corrected chi connectivity index (χ3v) is 13.5. The summed E-state index contributed by atoms with van der Waals surface area (Å²) >= 11 is 0. The highest BCUT2D eigenvalue weighted by atomic mass is 28.4. The van der Waals surface area contributed by atoms with Crippen LogP contribution in [0.4, 0.5) is 0 Å². The quantitative estimate of drug-likeness (QED) is 0.377. The number of rotatable bonds is 4. The Morgan fingerprint density at radius 1 is 1.11 bits per heavy atom. The molecule has 0 bridgehead atoms. The molecule has 3 heteroatoms. The van der Waals surface area contributed by atoms with Crippen LogP contribution in [0, 0.1) is 41.4 Å². The first kappa shape index (κ1) is 22.3. The van der Waals surface area contributed by atoms with Crippen molar-refractivity contribution < 1.29 is 9.22 Å². The van der Waals surface area contributed by atoms with Crippen LogP contribution < -0.4 is 0 Å². The van der Waals surface area contributed by atoms with E-state index in [9.17, 15) is 4.79 Å². The Balaban J connectivity index is 1.83. The molecule has 0 aromatic rings. The first-order chi connectivity index (χ1) is 13.0. The average Bonchev–Trinajstić information content (AvgIpc) is 2.57. The number of carbonyl (C=O) groups is 1. The zero-order chi connectivity index (χ0) is 20.9. The fraction of sp³-hybridized carbons (Fsp3) is 0.880. The van der Waals surface area contributed by atoms with Gasteiger partial charge < -0.3 is 4.43 Å². The van der Waals surface area contributed by atoms with Crippen molar-refractivity contribution in [1.82, 2.24) is 0 Å². The summed E-state index contributed by atoms with van der Waals surface area (Å²) in [6, 6.07) is 0. The van der Waals surface area contributed by atoms with E-state index in [1.54, 1.807) is 0 Å². The lowest BCUT2D eigenvalue weighted by atomic mass is 9.50. The summed E-state index contributed by atoms with van der Waals surface area (Å²) in [5.41, 5.74) is 0. The van der Waals surface area contributed by atoms with E-state index in [1.165, 1.54) is 25.7 Å². The molecule has 0 amide bonds. The normalized spacial score (nSPS) is 41.9. The van der Waals surface area contributed by atoms with Crippen molar-refractivity contribution in [1.29, 1.82) is 0 Å². The minimum atomic E-state index is -1.75. The van der Waals surface area contributed by atoms with Gasteiger partial charge in [0.05, 0.1) is 0 Å². The standard InChI is InChI=1S/C25H44O2Si/c1-9-10-21-23-18(14-17(3)24(21)26)13-16(2)20-12-11-19(15-22(20)23)27-28(7,8)25(4,5)6/h9,16-23H,1,10-15H2,2-8H3. The maximum atomic E-state index is 13.1. The largest absolute Gasteiger partial charge is 0.414 e. The van der Waals surface area contributed by atoms with Crippen molar-refractivity contribution in [3.8, 4) is 0 Å². The fourth-order valence-corrected chi connectivity index (χ4v) is 8.06. The van der Waals surface area contributed by atoms with E-state index >= 15 is 0 Å². The van der Waals surface area contributed by atoms with Gasteiger partial charge in [-0.25, -0.2) is 0 Å². The van der Waals surface area contributed by atoms with Crippen LogP contribution in [0.5, 0.6) is 0 Å². The predicted molar refractivity (Wildman–Crippen MR) is 121 cm³/mol. The van der Waals surface area contributed by atoms with Crippen LogP contribution in [-0.4, -0.2) is 20.2 Å². The van der Waals surface area contributed by atoms with Crippen LogP contribution in [0.25, 0.3) is 0 Å². The molecule has 0 aliphatic heterocycles. The zero-order valence-electron chi connectivity index (χ0n) is 19.5. The highest BCUT2D eigenvalue weighted by molar-refractivity contribution is 6.74. The molecule has 28 heavy (non-hydrogen) atoms. The number of hydrogen-bond donors (Lipinski definition) is 0. The maximum absolute atomic E-state index is 13.1. The topological polar surface area (TPSA) is 26.3 Å². The summed E-state index contributed by atoms with van der Waals surface area (Å²) in [6.07, 6.45) is 9.38. The van der Waals surface area contributed by atoms with Gasteiger partial charge in [0.1, 0.15) is 5.78 Å². The van der Waals surface area contributed by atoms with Crippen LogP contribution in [0.15, 0.2) is 12.7 Å². The molecule has 3 aliphatic carbocycles. The van der Waals surface area contributed by atoms with E-state index < -0.39 is 8.32 Å². The Morgan fingerprint density at radius 2 is 1.79 bits per heavy atom. The first-order valence-corrected chi connectivity index (χ1v) is 14.7. The van der Waals surface area contributed by atoms with Crippen LogP contribution >= 0.6 is 0 Å². The van der Waals surface area contributed by atoms with E-state index in [2.05, 4.69) is 54.3 Å². The van der Waals surface area contributed by atoms with Gasteiger partial charge in [-0.3, -0.25) is 4.79 Å². The number of ketones is 1. The lowest BCUT2D eigenvalue weighted by Gasteiger charge is -2.56. The predicted octanol–water partition coefficient (Wildman–Crippen LogP) is 6.87. The number of hydrogen-bond acceptors (Lipinski definition) is 2. The molecule has 160 valence electrons. The second kappa shape index (κ2) is 8.02. The lowest BCUT2D eigenvalue weighted by molar-refractivity contribution is -0.142. The Kier molecular flexibility index (Phi) is 6.38. The van der Waals surface area contributed by atoms with Gasteiger partial charge in [-0.1, -0.05) is 40.7 Å². The van der Waals surface area contributed by atoms with Gasteiger partial charge in [-0.15, -0.1) is 6.58 Å². The summed E-state index contributed by atoms with van der Waals surface area (Å²) in [4.78, 5) is 13.1. The second-order valence-electron chi connectivity index (χ2n) is 11.9. The molecule has 0 heterocycles. The maximum Gasteiger partial charge on any atom is 0.192 e. The molecule has 0 N–H and O–H groups in total. The van der Waals surface area contributed by atoms with Crippen molar-refractivity contribution in [2.24, 2.45) is 41.4 Å². The summed E-state index contributed by atoms with van der Waals surface area (Å²) < 4.78 is 6.88. The fourth-order valence-electron chi connectivity index (χ4n) is 6.66. The third kappa shape index (κ3) is 4.08. The molecule has 3 aliphatic rings. The molecule has 0 aromatic carbocycles. The van der Waals surface area contributed by atoms with E-state index in [-0.39, 0.29) is 16.9 Å². The molecule has 8 unspecified atom stereocenters. The van der Waals surface area contributed by atoms with Crippen LogP contribution in [0.2, 0.25) is 18.1 Å². The van der Waals surface area contributed by atoms with E-state index in [0.29, 0.717) is 23.7 Å². The molecule has 0 aromatic heterocycles. The van der Waals surface area contributed by atoms with Crippen LogP contribution in [0.3, 0.4) is 0 Å². The number of fused-ring (bicyclic) bond motifs is 3. The van der Waals surface area contributed by atoms with Crippen molar-refractivity contribution >= 4 is 14.1 Å². The monoisotopic (exact) mass is 404 g/mol. The molecular formula is C25H44O2Si. The van der Waals surface area contributed by atoms with Crippen molar-refractivity contribution in [3.63, 3.8) is 0 Å². The molecule has 3 fully saturated rings. The van der Waals surface area contributed by atoms with Gasteiger partial charge in [-0.2, -0.15) is 0 Å². The van der Waals surface area contributed by atoms with Gasteiger partial charge >= 0.3 is 0 Å². The van der Waals surface area contributed by atoms with Crippen molar-refractivity contribution in [2.75, 3.05) is 0 Å². The summed E-state index contributed by atoms with van der Waals surface area (Å²) in [5, 5.41) is 0.258. The van der Waals surface area contributed by atoms with Gasteiger partial charge in [-0.05, 0) is 86.2 Å². The van der Waals surface area contributed by atoms with E-state index in [0.717, 1.165) is 30.6 Å². The molecule has 0 saturated heterocycles. The Bertz CT molecular complexity index is 590. The molecule has 3 saturated carbocycles. The minimum Gasteiger partial charge on any atom is -0.414 e. The van der Waals surface area contributed by atoms with E-state index in [1.807, 2.05) is 6.08 Å². The third-order valence-electron chi connectivity index (χ3n) is 9.01. The summed E-state index contributed by atoms with van der Waals surface area (Å²) in [5.74, 6) is 4.49. The second-order valence-corrected chi connectivity index (χ2v) is 16.6. The van der Waals surface area contributed by atoms with Gasteiger partial charge in [0.15, 0.2) is 8.32 Å². The molecule has 0 radical (unpaired) electrons. The van der Waals surface area contributed by atoms with E-state index in [4.69, 9.17) is 4.43 Å².